The highest BCUT2D eigenvalue weighted by Gasteiger charge is 2.07. The molecular weight excluding hydrogens is 392 g/mol. The zero-order valence-electron chi connectivity index (χ0n) is 17.9. The Hall–Kier alpha value is -2.60. The first-order valence-corrected chi connectivity index (χ1v) is 12.2. The molecular formula is C24H32N4OS. The lowest BCUT2D eigenvalue weighted by Crippen LogP contribution is -2.38. The first-order valence-electron chi connectivity index (χ1n) is 10.7. The Kier molecular flexibility index (Phi) is 8.51. The second-order valence-corrected chi connectivity index (χ2v) is 8.80. The van der Waals surface area contributed by atoms with Crippen LogP contribution in [0.25, 0.3) is 10.9 Å². The van der Waals surface area contributed by atoms with Gasteiger partial charge in [-0.15, -0.1) is 0 Å². The van der Waals surface area contributed by atoms with Crippen LogP contribution in [0.5, 0.6) is 0 Å². The van der Waals surface area contributed by atoms with Crippen molar-refractivity contribution in [1.29, 1.82) is 0 Å². The molecule has 0 saturated heterocycles. The van der Waals surface area contributed by atoms with Gasteiger partial charge in [-0.05, 0) is 36.5 Å². The van der Waals surface area contributed by atoms with E-state index in [1.54, 1.807) is 0 Å². The molecule has 3 aromatic rings. The molecule has 2 aromatic carbocycles. The molecule has 0 aliphatic carbocycles. The number of hydrogen-bond donors (Lipinski definition) is 3. The monoisotopic (exact) mass is 424 g/mol. The van der Waals surface area contributed by atoms with Gasteiger partial charge in [0, 0.05) is 52.5 Å². The number of aromatic nitrogens is 1. The number of aryl methyl sites for hydroxylation is 1. The van der Waals surface area contributed by atoms with E-state index in [4.69, 9.17) is 0 Å². The molecule has 30 heavy (non-hydrogen) atoms. The molecule has 5 nitrogen and oxygen atoms in total. The van der Waals surface area contributed by atoms with E-state index in [0.29, 0.717) is 18.1 Å². The zero-order chi connectivity index (χ0) is 21.2. The van der Waals surface area contributed by atoms with Crippen molar-refractivity contribution >= 4 is 27.7 Å². The molecule has 6 heteroatoms. The summed E-state index contributed by atoms with van der Waals surface area (Å²) in [7, 11) is -0.907. The topological polar surface area (TPSA) is 69.3 Å². The number of benzene rings is 2. The summed E-state index contributed by atoms with van der Waals surface area (Å²) in [5, 5.41) is 7.98. The maximum Gasteiger partial charge on any atom is 0.191 e. The summed E-state index contributed by atoms with van der Waals surface area (Å²) >= 11 is 0. The maximum atomic E-state index is 12.3. The Morgan fingerprint density at radius 3 is 2.63 bits per heavy atom. The van der Waals surface area contributed by atoms with Crippen LogP contribution in [0.4, 0.5) is 0 Å². The van der Waals surface area contributed by atoms with Crippen LogP contribution >= 0.6 is 0 Å². The van der Waals surface area contributed by atoms with Gasteiger partial charge in [-0.1, -0.05) is 55.5 Å². The number of para-hydroxylation sites is 1. The van der Waals surface area contributed by atoms with Crippen molar-refractivity contribution in [2.24, 2.45) is 4.99 Å². The van der Waals surface area contributed by atoms with E-state index >= 15 is 0 Å². The summed E-state index contributed by atoms with van der Waals surface area (Å²) < 4.78 is 12.3. The van der Waals surface area contributed by atoms with Crippen LogP contribution in [-0.2, 0) is 29.4 Å². The van der Waals surface area contributed by atoms with Crippen molar-refractivity contribution in [3.63, 3.8) is 0 Å². The summed E-state index contributed by atoms with van der Waals surface area (Å²) in [6, 6.07) is 16.5. The van der Waals surface area contributed by atoms with Crippen LogP contribution in [0.1, 0.15) is 30.5 Å². The smallest absolute Gasteiger partial charge is 0.191 e. The van der Waals surface area contributed by atoms with Crippen LogP contribution in [0.2, 0.25) is 0 Å². The third-order valence-corrected chi connectivity index (χ3v) is 6.35. The molecule has 1 atom stereocenters. The van der Waals surface area contributed by atoms with E-state index in [1.165, 1.54) is 22.0 Å². The van der Waals surface area contributed by atoms with E-state index in [2.05, 4.69) is 58.9 Å². The van der Waals surface area contributed by atoms with Crippen LogP contribution in [0.3, 0.4) is 0 Å². The molecule has 3 N–H and O–H groups in total. The van der Waals surface area contributed by atoms with E-state index in [0.717, 1.165) is 37.5 Å². The molecule has 0 aliphatic rings. The van der Waals surface area contributed by atoms with Gasteiger partial charge in [-0.3, -0.25) is 9.20 Å². The lowest BCUT2D eigenvalue weighted by molar-refractivity contribution is 0.682. The average molecular weight is 425 g/mol. The summed E-state index contributed by atoms with van der Waals surface area (Å²) in [6.45, 7) is 6.37. The van der Waals surface area contributed by atoms with Gasteiger partial charge >= 0.3 is 0 Å². The van der Waals surface area contributed by atoms with Gasteiger partial charge < -0.3 is 15.6 Å². The number of aromatic amines is 1. The predicted octanol–water partition coefficient (Wildman–Crippen LogP) is 3.78. The van der Waals surface area contributed by atoms with Gasteiger partial charge in [-0.25, -0.2) is 0 Å². The van der Waals surface area contributed by atoms with Crippen molar-refractivity contribution in [2.45, 2.75) is 32.4 Å². The number of fused-ring (bicyclic) bond motifs is 1. The fraction of sp³-hybridized carbons (Fsp3) is 0.375. The van der Waals surface area contributed by atoms with Crippen molar-refractivity contribution in [2.75, 3.05) is 25.4 Å². The van der Waals surface area contributed by atoms with Gasteiger partial charge in [0.15, 0.2) is 5.96 Å². The van der Waals surface area contributed by atoms with E-state index < -0.39 is 10.8 Å². The van der Waals surface area contributed by atoms with Gasteiger partial charge in [0.25, 0.3) is 0 Å². The number of nitrogens with zero attached hydrogens (tertiary/aromatic N) is 1. The minimum absolute atomic E-state index is 0.543. The number of rotatable bonds is 10. The van der Waals surface area contributed by atoms with Crippen LogP contribution in [0.15, 0.2) is 59.7 Å². The molecule has 1 heterocycles. The molecule has 160 valence electrons. The highest BCUT2D eigenvalue weighted by molar-refractivity contribution is 7.84. The Bertz CT molecular complexity index is 981. The molecule has 1 unspecified atom stereocenters. The van der Waals surface area contributed by atoms with E-state index in [-0.39, 0.29) is 0 Å². The lowest BCUT2D eigenvalue weighted by Gasteiger charge is -2.11. The molecule has 0 aliphatic heterocycles. The normalized spacial score (nSPS) is 12.8. The molecule has 0 radical (unpaired) electrons. The molecule has 0 bridgehead atoms. The molecule has 0 fully saturated rings. The second kappa shape index (κ2) is 11.6. The highest BCUT2D eigenvalue weighted by Crippen LogP contribution is 2.22. The molecule has 0 spiro atoms. The van der Waals surface area contributed by atoms with Crippen molar-refractivity contribution in [3.8, 4) is 0 Å². The highest BCUT2D eigenvalue weighted by atomic mass is 32.2. The summed E-state index contributed by atoms with van der Waals surface area (Å²) in [6.07, 6.45) is 4.05. The van der Waals surface area contributed by atoms with Crippen LogP contribution in [0, 0.1) is 0 Å². The zero-order valence-corrected chi connectivity index (χ0v) is 18.7. The average Bonchev–Trinajstić information content (AvgIpc) is 3.17. The molecule has 3 rings (SSSR count). The van der Waals surface area contributed by atoms with E-state index in [1.807, 2.05) is 30.3 Å². The Morgan fingerprint density at radius 1 is 1.03 bits per heavy atom. The van der Waals surface area contributed by atoms with E-state index in [9.17, 15) is 4.21 Å². The quantitative estimate of drug-likeness (QED) is 0.343. The molecule has 0 saturated carbocycles. The Labute approximate surface area is 181 Å². The van der Waals surface area contributed by atoms with Gasteiger partial charge in [0.2, 0.25) is 0 Å². The van der Waals surface area contributed by atoms with Gasteiger partial charge in [0.05, 0.1) is 6.54 Å². The lowest BCUT2D eigenvalue weighted by atomic mass is 10.1. The van der Waals surface area contributed by atoms with Gasteiger partial charge in [-0.2, -0.15) is 0 Å². The van der Waals surface area contributed by atoms with Crippen LogP contribution in [-0.4, -0.2) is 40.5 Å². The third-order valence-electron chi connectivity index (χ3n) is 5.06. The molecule has 0 amide bonds. The number of H-pyrrole nitrogens is 1. The first kappa shape index (κ1) is 22.1. The number of guanidine groups is 1. The third kappa shape index (κ3) is 6.20. The summed E-state index contributed by atoms with van der Waals surface area (Å²) in [4.78, 5) is 8.03. The van der Waals surface area contributed by atoms with Gasteiger partial charge in [0.1, 0.15) is 0 Å². The second-order valence-electron chi connectivity index (χ2n) is 7.22. The molecule has 1 aromatic heterocycles. The van der Waals surface area contributed by atoms with Crippen molar-refractivity contribution < 1.29 is 4.21 Å². The number of aliphatic imine (C=N–C) groups is 1. The van der Waals surface area contributed by atoms with Crippen molar-refractivity contribution in [3.05, 3.63) is 71.4 Å². The van der Waals surface area contributed by atoms with Crippen LogP contribution < -0.4 is 10.6 Å². The Balaban J connectivity index is 1.50. The van der Waals surface area contributed by atoms with Crippen molar-refractivity contribution in [1.82, 2.24) is 15.6 Å². The standard InChI is InChI=1S/C24H32N4OS/c1-3-20-11-8-12-22-21(17-28-23(20)22)13-14-26-24(25-4-2)27-15-16-30(29)18-19-9-6-5-7-10-19/h5-12,17,28H,3-4,13-16,18H2,1-2H3,(H2,25,26,27). The minimum Gasteiger partial charge on any atom is -0.361 e. The SMILES string of the molecule is CCNC(=NCCS(=O)Cc1ccccc1)NCCc1c[nH]c2c(CC)cccc12. The summed E-state index contributed by atoms with van der Waals surface area (Å²) in [5.74, 6) is 1.93. The maximum absolute atomic E-state index is 12.3. The minimum atomic E-state index is -0.907. The number of hydrogen-bond acceptors (Lipinski definition) is 2. The predicted molar refractivity (Wildman–Crippen MR) is 129 cm³/mol. The fourth-order valence-corrected chi connectivity index (χ4v) is 4.53. The Morgan fingerprint density at radius 2 is 1.87 bits per heavy atom. The number of nitrogens with one attached hydrogen (secondary N) is 3. The summed E-state index contributed by atoms with van der Waals surface area (Å²) in [5.41, 5.74) is 5.02. The fourth-order valence-electron chi connectivity index (χ4n) is 3.53. The first-order chi connectivity index (χ1) is 14.7. The largest absolute Gasteiger partial charge is 0.361 e.